The molecule has 11 heteroatoms. The van der Waals surface area contributed by atoms with Gasteiger partial charge in [-0.25, -0.2) is 14.2 Å². The zero-order valence-corrected chi connectivity index (χ0v) is 24.1. The molecule has 0 saturated carbocycles. The summed E-state index contributed by atoms with van der Waals surface area (Å²) in [6, 6.07) is 25.6. The van der Waals surface area contributed by atoms with Gasteiger partial charge in [0.2, 0.25) is 11.8 Å². The maximum Gasteiger partial charge on any atom is 0.408 e. The Balaban J connectivity index is 1.22. The molecule has 0 radical (unpaired) electrons. The van der Waals surface area contributed by atoms with Gasteiger partial charge in [0.05, 0.1) is 18.5 Å². The molecule has 2 N–H and O–H groups in total. The average Bonchev–Trinajstić information content (AvgIpc) is 3.65. The summed E-state index contributed by atoms with van der Waals surface area (Å²) in [5.74, 6) is 0.0255. The normalized spacial score (nSPS) is 16.2. The topological polar surface area (TPSA) is 113 Å². The van der Waals surface area contributed by atoms with E-state index in [-0.39, 0.29) is 19.1 Å². The third-order valence-corrected chi connectivity index (χ3v) is 7.81. The molecule has 0 aliphatic carbocycles. The summed E-state index contributed by atoms with van der Waals surface area (Å²) < 4.78 is 23.6. The van der Waals surface area contributed by atoms with Crippen molar-refractivity contribution in [2.75, 3.05) is 5.32 Å². The second-order valence-electron chi connectivity index (χ2n) is 9.74. The summed E-state index contributed by atoms with van der Waals surface area (Å²) >= 11 is 1.30. The molecule has 1 aliphatic heterocycles. The number of rotatable bonds is 10. The van der Waals surface area contributed by atoms with E-state index in [0.29, 0.717) is 27.9 Å². The molecule has 1 fully saturated rings. The van der Waals surface area contributed by atoms with E-state index in [4.69, 9.17) is 9.15 Å². The van der Waals surface area contributed by atoms with E-state index in [1.165, 1.54) is 11.8 Å². The number of hydrogen-bond donors (Lipinski definition) is 2. The van der Waals surface area contributed by atoms with Crippen LogP contribution in [0.4, 0.5) is 20.6 Å². The minimum atomic E-state index is -0.845. The van der Waals surface area contributed by atoms with Crippen molar-refractivity contribution in [3.63, 3.8) is 0 Å². The third-order valence-electron chi connectivity index (χ3n) is 6.58. The average molecular weight is 601 g/mol. The van der Waals surface area contributed by atoms with Crippen LogP contribution in [-0.4, -0.2) is 34.0 Å². The van der Waals surface area contributed by atoms with E-state index in [0.717, 1.165) is 11.1 Å². The molecule has 220 valence electrons. The fraction of sp³-hybridized carbons (Fsp3) is 0.188. The van der Waals surface area contributed by atoms with Crippen molar-refractivity contribution in [2.24, 2.45) is 4.99 Å². The number of carbonyl (C=O) groups excluding carboxylic acids is 3. The predicted molar refractivity (Wildman–Crippen MR) is 162 cm³/mol. The number of benzene rings is 3. The Morgan fingerprint density at radius 2 is 1.74 bits per heavy atom. The second-order valence-corrected chi connectivity index (χ2v) is 10.8. The van der Waals surface area contributed by atoms with Gasteiger partial charge in [-0.2, -0.15) is 0 Å². The first-order chi connectivity index (χ1) is 20.9. The molecular weight excluding hydrogens is 571 g/mol. The van der Waals surface area contributed by atoms with Gasteiger partial charge in [0.1, 0.15) is 30.3 Å². The summed E-state index contributed by atoms with van der Waals surface area (Å²) in [6.45, 7) is 1.30. The first-order valence-corrected chi connectivity index (χ1v) is 14.4. The number of ether oxygens (including phenoxy) is 1. The van der Waals surface area contributed by atoms with E-state index < -0.39 is 30.0 Å². The Hall–Kier alpha value is -4.90. The number of carbonyl (C=O) groups is 3. The molecule has 1 unspecified atom stereocenters. The van der Waals surface area contributed by atoms with E-state index in [1.54, 1.807) is 78.8 Å². The van der Waals surface area contributed by atoms with Gasteiger partial charge in [-0.1, -0.05) is 66.4 Å². The molecule has 0 bridgehead atoms. The van der Waals surface area contributed by atoms with Crippen molar-refractivity contribution in [3.05, 3.63) is 120 Å². The summed E-state index contributed by atoms with van der Waals surface area (Å²) in [6.07, 6.45) is 0.845. The highest BCUT2D eigenvalue weighted by molar-refractivity contribution is 8.15. The highest BCUT2D eigenvalue weighted by Crippen LogP contribution is 2.41. The number of amides is 3. The third kappa shape index (κ3) is 7.69. The SMILES string of the molecule is C[C@H](NC(=O)OCc1ccccc1)C(=O)Nc1ccc(C2S/C(=N\c3ccc(CF)cc3)N(Cc3ccco3)C2=O)cc1. The Labute approximate surface area is 252 Å². The molecule has 3 amide bonds. The van der Waals surface area contributed by atoms with Gasteiger partial charge in [0.25, 0.3) is 0 Å². The number of halogens is 1. The van der Waals surface area contributed by atoms with Crippen LogP contribution in [0.5, 0.6) is 0 Å². The van der Waals surface area contributed by atoms with Crippen LogP contribution < -0.4 is 10.6 Å². The number of aliphatic imine (C=N–C) groups is 1. The molecule has 9 nitrogen and oxygen atoms in total. The standard InChI is InChI=1S/C32H29FN4O5S/c1-21(34-32(40)42-20-23-6-3-2-4-7-23)29(38)35-25-15-11-24(12-16-25)28-30(39)37(19-27-8-5-17-41-27)31(43-28)36-26-13-9-22(18-33)10-14-26/h2-17,21,28H,18-20H2,1H3,(H,34,40)(H,35,38)/b36-31-/t21-,28?/m0/s1. The van der Waals surface area contributed by atoms with Crippen molar-refractivity contribution in [1.82, 2.24) is 10.2 Å². The van der Waals surface area contributed by atoms with Crippen LogP contribution in [0.3, 0.4) is 0 Å². The van der Waals surface area contributed by atoms with Gasteiger partial charge in [0.15, 0.2) is 5.17 Å². The number of anilines is 1. The molecule has 5 rings (SSSR count). The van der Waals surface area contributed by atoms with Crippen LogP contribution in [0.2, 0.25) is 0 Å². The van der Waals surface area contributed by atoms with Gasteiger partial charge in [-0.15, -0.1) is 0 Å². The number of nitrogens with one attached hydrogen (secondary N) is 2. The van der Waals surface area contributed by atoms with Crippen LogP contribution in [0, 0.1) is 0 Å². The summed E-state index contributed by atoms with van der Waals surface area (Å²) in [4.78, 5) is 44.6. The predicted octanol–water partition coefficient (Wildman–Crippen LogP) is 6.51. The lowest BCUT2D eigenvalue weighted by molar-refractivity contribution is -0.126. The number of amidine groups is 1. The first-order valence-electron chi connectivity index (χ1n) is 13.5. The van der Waals surface area contributed by atoms with Crippen LogP contribution in [-0.2, 0) is 34.2 Å². The van der Waals surface area contributed by atoms with Crippen LogP contribution >= 0.6 is 11.8 Å². The van der Waals surface area contributed by atoms with E-state index >= 15 is 0 Å². The number of thioether (sulfide) groups is 1. The van der Waals surface area contributed by atoms with Gasteiger partial charge in [0, 0.05) is 5.69 Å². The fourth-order valence-corrected chi connectivity index (χ4v) is 5.40. The lowest BCUT2D eigenvalue weighted by atomic mass is 10.1. The molecule has 3 aromatic carbocycles. The van der Waals surface area contributed by atoms with Crippen molar-refractivity contribution in [2.45, 2.75) is 38.0 Å². The lowest BCUT2D eigenvalue weighted by Gasteiger charge is -2.16. The second kappa shape index (κ2) is 13.8. The fourth-order valence-electron chi connectivity index (χ4n) is 4.23. The molecular formula is C32H29FN4O5S. The molecule has 2 atom stereocenters. The van der Waals surface area contributed by atoms with Crippen molar-refractivity contribution in [3.8, 4) is 0 Å². The lowest BCUT2D eigenvalue weighted by Crippen LogP contribution is -2.41. The van der Waals surface area contributed by atoms with E-state index in [2.05, 4.69) is 15.6 Å². The number of furan rings is 1. The molecule has 2 heterocycles. The maximum atomic E-state index is 13.5. The van der Waals surface area contributed by atoms with Gasteiger partial charge < -0.3 is 19.8 Å². The maximum absolute atomic E-state index is 13.5. The Morgan fingerprint density at radius 1 is 1.00 bits per heavy atom. The molecule has 4 aromatic rings. The Bertz CT molecular complexity index is 1580. The Kier molecular flexibility index (Phi) is 9.52. The van der Waals surface area contributed by atoms with Crippen molar-refractivity contribution < 1.29 is 27.9 Å². The smallest absolute Gasteiger partial charge is 0.408 e. The highest BCUT2D eigenvalue weighted by Gasteiger charge is 2.39. The Morgan fingerprint density at radius 3 is 2.42 bits per heavy atom. The molecule has 0 spiro atoms. The minimum absolute atomic E-state index is 0.0944. The number of alkyl halides is 1. The van der Waals surface area contributed by atoms with Crippen LogP contribution in [0.1, 0.15) is 34.6 Å². The monoisotopic (exact) mass is 600 g/mol. The van der Waals surface area contributed by atoms with E-state index in [9.17, 15) is 18.8 Å². The van der Waals surface area contributed by atoms with Crippen LogP contribution in [0.15, 0.2) is 107 Å². The molecule has 1 saturated heterocycles. The zero-order valence-electron chi connectivity index (χ0n) is 23.2. The number of alkyl carbamates (subject to hydrolysis) is 1. The molecule has 1 aromatic heterocycles. The zero-order chi connectivity index (χ0) is 30.2. The largest absolute Gasteiger partial charge is 0.467 e. The first kappa shape index (κ1) is 29.6. The van der Waals surface area contributed by atoms with Crippen LogP contribution in [0.25, 0.3) is 0 Å². The number of nitrogens with zero attached hydrogens (tertiary/aromatic N) is 2. The molecule has 43 heavy (non-hydrogen) atoms. The highest BCUT2D eigenvalue weighted by atomic mass is 32.2. The van der Waals surface area contributed by atoms with Crippen molar-refractivity contribution >= 4 is 46.2 Å². The van der Waals surface area contributed by atoms with Gasteiger partial charge in [-0.05, 0) is 60.0 Å². The summed E-state index contributed by atoms with van der Waals surface area (Å²) in [5.41, 5.74) is 3.21. The quantitative estimate of drug-likeness (QED) is 0.215. The minimum Gasteiger partial charge on any atom is -0.467 e. The number of hydrogen-bond acceptors (Lipinski definition) is 7. The van der Waals surface area contributed by atoms with E-state index in [1.807, 2.05) is 30.3 Å². The van der Waals surface area contributed by atoms with Crippen molar-refractivity contribution in [1.29, 1.82) is 0 Å². The van der Waals surface area contributed by atoms with Gasteiger partial charge in [-0.3, -0.25) is 14.5 Å². The van der Waals surface area contributed by atoms with Gasteiger partial charge >= 0.3 is 6.09 Å². The summed E-state index contributed by atoms with van der Waals surface area (Å²) in [5, 5.41) is 5.21. The molecule has 1 aliphatic rings. The summed E-state index contributed by atoms with van der Waals surface area (Å²) in [7, 11) is 0.